The molecule has 1 aromatic carbocycles. The summed E-state index contributed by atoms with van der Waals surface area (Å²) in [6, 6.07) is 11.9. The number of carbonyl (C=O) groups excluding carboxylic acids is 3. The predicted octanol–water partition coefficient (Wildman–Crippen LogP) is 4.63. The molecule has 0 radical (unpaired) electrons. The highest BCUT2D eigenvalue weighted by molar-refractivity contribution is 6.00. The molecule has 6 heteroatoms. The molecule has 0 unspecified atom stereocenters. The average Bonchev–Trinajstić information content (AvgIpc) is 3.30. The van der Waals surface area contributed by atoms with E-state index in [1.807, 2.05) is 31.4 Å². The van der Waals surface area contributed by atoms with Crippen LogP contribution in [-0.4, -0.2) is 28.7 Å². The Hall–Kier alpha value is -3.41. The first-order valence-electron chi connectivity index (χ1n) is 9.40. The summed E-state index contributed by atoms with van der Waals surface area (Å²) in [6.45, 7) is 7.74. The van der Waals surface area contributed by atoms with Gasteiger partial charge in [0, 0.05) is 34.6 Å². The smallest absolute Gasteiger partial charge is 0.374 e. The van der Waals surface area contributed by atoms with Gasteiger partial charge >= 0.3 is 5.97 Å². The molecule has 0 bridgehead atoms. The van der Waals surface area contributed by atoms with Crippen LogP contribution in [0.15, 0.2) is 46.9 Å². The minimum atomic E-state index is -0.700. The Morgan fingerprint density at radius 3 is 2.31 bits per heavy atom. The number of ketones is 2. The molecule has 0 saturated carbocycles. The maximum absolute atomic E-state index is 12.4. The molecular formula is C23H23NO5. The number of rotatable bonds is 7. The summed E-state index contributed by atoms with van der Waals surface area (Å²) in [5.74, 6) is -0.482. The monoisotopic (exact) mass is 393 g/mol. The van der Waals surface area contributed by atoms with Gasteiger partial charge in [0.25, 0.3) is 0 Å². The number of aryl methyl sites for hydroxylation is 1. The maximum Gasteiger partial charge on any atom is 0.374 e. The van der Waals surface area contributed by atoms with Gasteiger partial charge in [-0.05, 0) is 45.9 Å². The third-order valence-electron chi connectivity index (χ3n) is 4.91. The zero-order valence-corrected chi connectivity index (χ0v) is 16.9. The lowest BCUT2D eigenvalue weighted by molar-refractivity contribution is 0.0444. The zero-order valence-electron chi connectivity index (χ0n) is 16.9. The fraction of sp³-hybridized carbons (Fsp3) is 0.261. The fourth-order valence-electron chi connectivity index (χ4n) is 3.32. The van der Waals surface area contributed by atoms with E-state index in [9.17, 15) is 14.4 Å². The number of ether oxygens (including phenoxy) is 1. The van der Waals surface area contributed by atoms with Crippen LogP contribution in [0.25, 0.3) is 11.3 Å². The fourth-order valence-corrected chi connectivity index (χ4v) is 3.32. The first-order chi connectivity index (χ1) is 13.8. The highest BCUT2D eigenvalue weighted by Gasteiger charge is 2.19. The molecule has 3 aromatic rings. The van der Waals surface area contributed by atoms with Crippen LogP contribution in [0.4, 0.5) is 0 Å². The Morgan fingerprint density at radius 2 is 1.72 bits per heavy atom. The van der Waals surface area contributed by atoms with Crippen LogP contribution < -0.4 is 0 Å². The van der Waals surface area contributed by atoms with Gasteiger partial charge in [-0.1, -0.05) is 24.3 Å². The van der Waals surface area contributed by atoms with Gasteiger partial charge in [-0.25, -0.2) is 4.79 Å². The van der Waals surface area contributed by atoms with Crippen LogP contribution in [0.1, 0.15) is 56.5 Å². The Morgan fingerprint density at radius 1 is 1.03 bits per heavy atom. The third kappa shape index (κ3) is 4.21. The van der Waals surface area contributed by atoms with Crippen LogP contribution in [0.5, 0.6) is 0 Å². The third-order valence-corrected chi connectivity index (χ3v) is 4.91. The first-order valence-corrected chi connectivity index (χ1v) is 9.40. The minimum Gasteiger partial charge on any atom is -0.451 e. The summed E-state index contributed by atoms with van der Waals surface area (Å²) in [5.41, 5.74) is 3.74. The van der Waals surface area contributed by atoms with Crippen molar-refractivity contribution in [3.63, 3.8) is 0 Å². The van der Waals surface area contributed by atoms with Gasteiger partial charge in [0.2, 0.25) is 11.5 Å². The molecule has 0 saturated heterocycles. The summed E-state index contributed by atoms with van der Waals surface area (Å²) < 4.78 is 12.7. The van der Waals surface area contributed by atoms with Crippen molar-refractivity contribution in [2.75, 3.05) is 6.61 Å². The number of aromatic nitrogens is 1. The summed E-state index contributed by atoms with van der Waals surface area (Å²) in [6.07, 6.45) is 0. The molecule has 0 fully saturated rings. The minimum absolute atomic E-state index is 0.0162. The second kappa shape index (κ2) is 8.31. The van der Waals surface area contributed by atoms with Crippen molar-refractivity contribution in [2.45, 2.75) is 34.2 Å². The van der Waals surface area contributed by atoms with Crippen molar-refractivity contribution in [3.05, 3.63) is 70.7 Å². The number of benzene rings is 1. The predicted molar refractivity (Wildman–Crippen MR) is 108 cm³/mol. The number of esters is 1. The number of hydrogen-bond acceptors (Lipinski definition) is 5. The van der Waals surface area contributed by atoms with Crippen molar-refractivity contribution >= 4 is 17.5 Å². The van der Waals surface area contributed by atoms with Gasteiger partial charge in [0.15, 0.2) is 12.4 Å². The molecule has 0 spiro atoms. The molecule has 3 rings (SSSR count). The Balaban J connectivity index is 1.66. The van der Waals surface area contributed by atoms with Gasteiger partial charge in [-0.2, -0.15) is 0 Å². The molecule has 6 nitrogen and oxygen atoms in total. The molecule has 2 heterocycles. The summed E-state index contributed by atoms with van der Waals surface area (Å²) in [4.78, 5) is 36.1. The number of carbonyl (C=O) groups is 3. The molecule has 0 aliphatic heterocycles. The molecule has 2 aromatic heterocycles. The van der Waals surface area contributed by atoms with E-state index >= 15 is 0 Å². The van der Waals surface area contributed by atoms with Crippen LogP contribution in [0, 0.1) is 13.8 Å². The summed E-state index contributed by atoms with van der Waals surface area (Å²) in [5, 5.41) is 0. The van der Waals surface area contributed by atoms with E-state index in [1.165, 1.54) is 13.0 Å². The lowest BCUT2D eigenvalue weighted by Crippen LogP contribution is -2.14. The van der Waals surface area contributed by atoms with E-state index in [1.54, 1.807) is 30.3 Å². The normalized spacial score (nSPS) is 10.8. The van der Waals surface area contributed by atoms with Crippen molar-refractivity contribution < 1.29 is 23.5 Å². The highest BCUT2D eigenvalue weighted by Crippen LogP contribution is 2.23. The van der Waals surface area contributed by atoms with Crippen LogP contribution in [0.2, 0.25) is 0 Å². The van der Waals surface area contributed by atoms with Crippen molar-refractivity contribution in [1.29, 1.82) is 0 Å². The first kappa shape index (κ1) is 20.3. The molecule has 0 N–H and O–H groups in total. The zero-order chi connectivity index (χ0) is 21.1. The molecule has 29 heavy (non-hydrogen) atoms. The molecule has 150 valence electrons. The van der Waals surface area contributed by atoms with Crippen LogP contribution >= 0.6 is 0 Å². The SMILES string of the molecule is CCn1c(C)cc(C(=O)COC(=O)c2ccc(-c3ccc(C(C)=O)cc3)o2)c1C. The molecule has 0 aliphatic carbocycles. The van der Waals surface area contributed by atoms with Gasteiger partial charge in [0.05, 0.1) is 0 Å². The topological polar surface area (TPSA) is 78.5 Å². The average molecular weight is 393 g/mol. The van der Waals surface area contributed by atoms with Gasteiger partial charge in [-0.15, -0.1) is 0 Å². The second-order valence-electron chi connectivity index (χ2n) is 6.83. The Kier molecular flexibility index (Phi) is 5.82. The quantitative estimate of drug-likeness (QED) is 0.432. The van der Waals surface area contributed by atoms with E-state index in [0.717, 1.165) is 23.5 Å². The van der Waals surface area contributed by atoms with Crippen LogP contribution in [0.3, 0.4) is 0 Å². The molecule has 0 atom stereocenters. The second-order valence-corrected chi connectivity index (χ2v) is 6.83. The van der Waals surface area contributed by atoms with Crippen molar-refractivity contribution in [1.82, 2.24) is 4.57 Å². The number of furan rings is 1. The number of nitrogens with zero attached hydrogens (tertiary/aromatic N) is 1. The lowest BCUT2D eigenvalue weighted by atomic mass is 10.1. The van der Waals surface area contributed by atoms with E-state index in [4.69, 9.17) is 9.15 Å². The standard InChI is InChI=1S/C23H23NO5/c1-5-24-14(2)12-19(15(24)3)20(26)13-28-23(27)22-11-10-21(29-22)18-8-6-17(7-9-18)16(4)25/h6-12H,5,13H2,1-4H3. The van der Waals surface area contributed by atoms with Crippen LogP contribution in [-0.2, 0) is 11.3 Å². The molecule has 0 amide bonds. The van der Waals surface area contributed by atoms with Gasteiger partial charge < -0.3 is 13.7 Å². The van der Waals surface area contributed by atoms with Crippen molar-refractivity contribution in [2.24, 2.45) is 0 Å². The lowest BCUT2D eigenvalue weighted by Gasteiger charge is -2.06. The summed E-state index contributed by atoms with van der Waals surface area (Å²) in [7, 11) is 0. The Bertz CT molecular complexity index is 1070. The van der Waals surface area contributed by atoms with E-state index in [-0.39, 0.29) is 23.9 Å². The van der Waals surface area contributed by atoms with E-state index in [2.05, 4.69) is 0 Å². The summed E-state index contributed by atoms with van der Waals surface area (Å²) >= 11 is 0. The number of Topliss-reactive ketones (excluding diaryl/α,β-unsaturated/α-hetero) is 2. The Labute approximate surface area is 169 Å². The van der Waals surface area contributed by atoms with E-state index in [0.29, 0.717) is 16.9 Å². The number of hydrogen-bond donors (Lipinski definition) is 0. The highest BCUT2D eigenvalue weighted by atomic mass is 16.5. The molecular weight excluding hydrogens is 370 g/mol. The molecule has 0 aliphatic rings. The van der Waals surface area contributed by atoms with E-state index < -0.39 is 5.97 Å². The van der Waals surface area contributed by atoms with Gasteiger partial charge in [-0.3, -0.25) is 9.59 Å². The maximum atomic E-state index is 12.4. The van der Waals surface area contributed by atoms with Gasteiger partial charge in [0.1, 0.15) is 5.76 Å². The largest absolute Gasteiger partial charge is 0.451 e. The van der Waals surface area contributed by atoms with Crippen molar-refractivity contribution in [3.8, 4) is 11.3 Å².